The third-order valence-corrected chi connectivity index (χ3v) is 6.50. The molecule has 6 nitrogen and oxygen atoms in total. The van der Waals surface area contributed by atoms with E-state index in [1.54, 1.807) is 6.07 Å². The van der Waals surface area contributed by atoms with E-state index in [1.165, 1.54) is 0 Å². The van der Waals surface area contributed by atoms with Crippen LogP contribution >= 0.6 is 0 Å². The highest BCUT2D eigenvalue weighted by molar-refractivity contribution is 6.01. The summed E-state index contributed by atoms with van der Waals surface area (Å²) in [5, 5.41) is 4.98. The van der Waals surface area contributed by atoms with Crippen molar-refractivity contribution in [3.05, 3.63) is 88.3 Å². The second-order valence-electron chi connectivity index (χ2n) is 8.50. The predicted molar refractivity (Wildman–Crippen MR) is 117 cm³/mol. The number of amides is 1. The molecule has 2 aliphatic heterocycles. The van der Waals surface area contributed by atoms with Crippen LogP contribution < -0.4 is 5.56 Å². The number of likely N-dealkylation sites (tertiary alicyclic amines) is 1. The highest BCUT2D eigenvalue weighted by Gasteiger charge is 2.36. The fourth-order valence-corrected chi connectivity index (χ4v) is 5.15. The van der Waals surface area contributed by atoms with Gasteiger partial charge in [-0.1, -0.05) is 41.6 Å². The first kappa shape index (κ1) is 18.1. The number of carbonyl (C=O) groups is 1. The first-order valence-corrected chi connectivity index (χ1v) is 10.6. The van der Waals surface area contributed by atoms with Gasteiger partial charge in [0.15, 0.2) is 5.76 Å². The van der Waals surface area contributed by atoms with Crippen molar-refractivity contribution in [2.75, 3.05) is 13.1 Å². The lowest BCUT2D eigenvalue weighted by atomic mass is 9.85. The molecule has 4 aromatic rings. The topological polar surface area (TPSA) is 68.3 Å². The summed E-state index contributed by atoms with van der Waals surface area (Å²) in [6, 6.07) is 20.8. The SMILES string of the molecule is O=C(c1ccc2noc(-c3ccccc3)c2c1)N1CC2Cc3cccc(=O)n3C(C2)C1. The highest BCUT2D eigenvalue weighted by atomic mass is 16.5. The van der Waals surface area contributed by atoms with Crippen LogP contribution in [0.4, 0.5) is 0 Å². The van der Waals surface area contributed by atoms with Gasteiger partial charge < -0.3 is 14.0 Å². The van der Waals surface area contributed by atoms with E-state index in [1.807, 2.05) is 70.1 Å². The Hall–Kier alpha value is -3.67. The maximum absolute atomic E-state index is 13.4. The number of fused-ring (bicyclic) bond motifs is 5. The lowest BCUT2D eigenvalue weighted by Gasteiger charge is -2.43. The molecule has 1 amide bonds. The zero-order chi connectivity index (χ0) is 20.9. The van der Waals surface area contributed by atoms with Gasteiger partial charge in [-0.15, -0.1) is 0 Å². The van der Waals surface area contributed by atoms with Gasteiger partial charge in [-0.25, -0.2) is 0 Å². The minimum Gasteiger partial charge on any atom is -0.355 e. The Morgan fingerprint density at radius 2 is 1.87 bits per heavy atom. The number of nitrogens with zero attached hydrogens (tertiary/aromatic N) is 3. The Balaban J connectivity index is 1.34. The van der Waals surface area contributed by atoms with Gasteiger partial charge >= 0.3 is 0 Å². The molecule has 154 valence electrons. The number of piperidine rings is 1. The molecule has 0 spiro atoms. The summed E-state index contributed by atoms with van der Waals surface area (Å²) >= 11 is 0. The van der Waals surface area contributed by atoms with E-state index < -0.39 is 0 Å². The molecule has 2 aromatic carbocycles. The minimum atomic E-state index is -0.00996. The molecule has 6 heteroatoms. The van der Waals surface area contributed by atoms with Gasteiger partial charge in [-0.3, -0.25) is 9.59 Å². The van der Waals surface area contributed by atoms with Crippen molar-refractivity contribution in [1.29, 1.82) is 0 Å². The number of aromatic nitrogens is 2. The lowest BCUT2D eigenvalue weighted by molar-refractivity contribution is 0.0559. The molecule has 2 aliphatic rings. The van der Waals surface area contributed by atoms with Crippen molar-refractivity contribution in [2.24, 2.45) is 5.92 Å². The largest absolute Gasteiger partial charge is 0.355 e. The van der Waals surface area contributed by atoms with Gasteiger partial charge in [-0.05, 0) is 43.0 Å². The van der Waals surface area contributed by atoms with Gasteiger partial charge in [-0.2, -0.15) is 0 Å². The Morgan fingerprint density at radius 3 is 2.74 bits per heavy atom. The third-order valence-electron chi connectivity index (χ3n) is 6.50. The maximum atomic E-state index is 13.4. The zero-order valence-electron chi connectivity index (χ0n) is 16.9. The van der Waals surface area contributed by atoms with Crippen LogP contribution in [0.5, 0.6) is 0 Å². The highest BCUT2D eigenvalue weighted by Crippen LogP contribution is 2.34. The molecule has 0 N–H and O–H groups in total. The zero-order valence-corrected chi connectivity index (χ0v) is 16.9. The van der Waals surface area contributed by atoms with Crippen molar-refractivity contribution < 1.29 is 9.32 Å². The Bertz CT molecular complexity index is 1360. The second-order valence-corrected chi connectivity index (χ2v) is 8.50. The van der Waals surface area contributed by atoms with E-state index in [0.29, 0.717) is 30.3 Å². The molecule has 0 saturated carbocycles. The number of rotatable bonds is 2. The van der Waals surface area contributed by atoms with Gasteiger partial charge in [0.05, 0.1) is 11.4 Å². The Labute approximate surface area is 178 Å². The van der Waals surface area contributed by atoms with Crippen molar-refractivity contribution in [3.63, 3.8) is 0 Å². The molecule has 6 rings (SSSR count). The van der Waals surface area contributed by atoms with Crippen LogP contribution in [-0.4, -0.2) is 33.6 Å². The summed E-state index contributed by atoms with van der Waals surface area (Å²) in [5.41, 5.74) is 3.38. The lowest BCUT2D eigenvalue weighted by Crippen LogP contribution is -2.50. The van der Waals surface area contributed by atoms with Crippen LogP contribution in [0.2, 0.25) is 0 Å². The van der Waals surface area contributed by atoms with Gasteiger partial charge in [0.2, 0.25) is 0 Å². The van der Waals surface area contributed by atoms with Crippen LogP contribution in [0.25, 0.3) is 22.2 Å². The number of pyridine rings is 1. The third kappa shape index (κ3) is 2.98. The van der Waals surface area contributed by atoms with E-state index in [4.69, 9.17) is 4.52 Å². The molecule has 2 aromatic heterocycles. The summed E-state index contributed by atoms with van der Waals surface area (Å²) in [7, 11) is 0. The van der Waals surface area contributed by atoms with Crippen LogP contribution in [0.1, 0.15) is 28.5 Å². The Morgan fingerprint density at radius 1 is 1.00 bits per heavy atom. The average molecular weight is 411 g/mol. The van der Waals surface area contributed by atoms with E-state index >= 15 is 0 Å². The molecular weight excluding hydrogens is 390 g/mol. The monoisotopic (exact) mass is 411 g/mol. The fourth-order valence-electron chi connectivity index (χ4n) is 5.15. The van der Waals surface area contributed by atoms with Crippen LogP contribution in [0.3, 0.4) is 0 Å². The second kappa shape index (κ2) is 6.94. The fraction of sp³-hybridized carbons (Fsp3) is 0.240. The summed E-state index contributed by atoms with van der Waals surface area (Å²) < 4.78 is 7.46. The maximum Gasteiger partial charge on any atom is 0.253 e. The number of hydrogen-bond acceptors (Lipinski definition) is 4. The molecule has 1 saturated heterocycles. The molecule has 0 aliphatic carbocycles. The number of hydrogen-bond donors (Lipinski definition) is 0. The normalized spacial score (nSPS) is 19.9. The standard InChI is InChI=1S/C25H21N3O3/c29-23-8-4-7-19-11-16-12-20(28(19)23)15-27(14-16)25(30)18-9-10-22-21(13-18)24(31-26-22)17-5-2-1-3-6-17/h1-10,13,16,20H,11-12,14-15H2. The molecule has 2 unspecified atom stereocenters. The van der Waals surface area contributed by atoms with Crippen LogP contribution in [0, 0.1) is 5.92 Å². The van der Waals surface area contributed by atoms with Crippen molar-refractivity contribution in [1.82, 2.24) is 14.6 Å². The molecule has 2 atom stereocenters. The first-order valence-electron chi connectivity index (χ1n) is 10.6. The van der Waals surface area contributed by atoms with Crippen molar-refractivity contribution in [2.45, 2.75) is 18.9 Å². The summed E-state index contributed by atoms with van der Waals surface area (Å²) in [6.07, 6.45) is 1.78. The Kier molecular flexibility index (Phi) is 4.06. The van der Waals surface area contributed by atoms with E-state index in [0.717, 1.165) is 35.0 Å². The summed E-state index contributed by atoms with van der Waals surface area (Å²) in [6.45, 7) is 1.27. The van der Waals surface area contributed by atoms with Gasteiger partial charge in [0.1, 0.15) is 5.52 Å². The summed E-state index contributed by atoms with van der Waals surface area (Å²) in [4.78, 5) is 27.8. The molecule has 2 bridgehead atoms. The average Bonchev–Trinajstić information content (AvgIpc) is 3.22. The predicted octanol–water partition coefficient (Wildman–Crippen LogP) is 3.92. The van der Waals surface area contributed by atoms with Gasteiger partial charge in [0.25, 0.3) is 11.5 Å². The quantitative estimate of drug-likeness (QED) is 0.501. The summed E-state index contributed by atoms with van der Waals surface area (Å²) in [5.74, 6) is 1.04. The van der Waals surface area contributed by atoms with Crippen LogP contribution in [-0.2, 0) is 6.42 Å². The van der Waals surface area contributed by atoms with Crippen molar-refractivity contribution >= 4 is 16.8 Å². The molecule has 1 fully saturated rings. The van der Waals surface area contributed by atoms with E-state index in [-0.39, 0.29) is 17.5 Å². The van der Waals surface area contributed by atoms with Crippen LogP contribution in [0.15, 0.2) is 76.0 Å². The van der Waals surface area contributed by atoms with Gasteiger partial charge in [0, 0.05) is 36.0 Å². The number of carbonyl (C=O) groups excluding carboxylic acids is 1. The molecule has 31 heavy (non-hydrogen) atoms. The van der Waals surface area contributed by atoms with E-state index in [9.17, 15) is 9.59 Å². The molecular formula is C25H21N3O3. The first-order chi connectivity index (χ1) is 15.2. The number of benzene rings is 2. The minimum absolute atomic E-state index is 0.00996. The van der Waals surface area contributed by atoms with E-state index in [2.05, 4.69) is 5.16 Å². The van der Waals surface area contributed by atoms with Crippen molar-refractivity contribution in [3.8, 4) is 11.3 Å². The smallest absolute Gasteiger partial charge is 0.253 e. The molecule has 0 radical (unpaired) electrons. The molecule has 4 heterocycles.